The summed E-state index contributed by atoms with van der Waals surface area (Å²) in [7, 11) is 0. The van der Waals surface area contributed by atoms with Crippen molar-refractivity contribution in [1.82, 2.24) is 14.7 Å². The van der Waals surface area contributed by atoms with Crippen LogP contribution in [0.15, 0.2) is 65.6 Å². The molecule has 3 aromatic rings. The number of carbonyl (C=O) groups excluding carboxylic acids is 1. The summed E-state index contributed by atoms with van der Waals surface area (Å²) >= 11 is 6.34. The fourth-order valence-electron chi connectivity index (χ4n) is 3.77. The summed E-state index contributed by atoms with van der Waals surface area (Å²) in [5.41, 5.74) is -0.633. The molecule has 1 saturated heterocycles. The van der Waals surface area contributed by atoms with Crippen molar-refractivity contribution in [3.05, 3.63) is 87.3 Å². The predicted molar refractivity (Wildman–Crippen MR) is 119 cm³/mol. The van der Waals surface area contributed by atoms with Crippen LogP contribution in [0, 0.1) is 0 Å². The quantitative estimate of drug-likeness (QED) is 0.567. The van der Waals surface area contributed by atoms with Crippen LogP contribution in [0.4, 0.5) is 18.9 Å². The molecule has 1 aliphatic rings. The van der Waals surface area contributed by atoms with E-state index >= 15 is 0 Å². The number of alkyl halides is 3. The molecule has 1 aromatic heterocycles. The van der Waals surface area contributed by atoms with E-state index in [0.29, 0.717) is 43.9 Å². The summed E-state index contributed by atoms with van der Waals surface area (Å²) in [6, 6.07) is 13.3. The third-order valence-electron chi connectivity index (χ3n) is 5.46. The van der Waals surface area contributed by atoms with Crippen molar-refractivity contribution < 1.29 is 18.0 Å². The third kappa shape index (κ3) is 4.88. The number of halogens is 4. The number of carbonyl (C=O) groups is 1. The monoisotopic (exact) mass is 476 g/mol. The van der Waals surface area contributed by atoms with Crippen LogP contribution in [0.5, 0.6) is 0 Å². The van der Waals surface area contributed by atoms with Gasteiger partial charge in [0.1, 0.15) is 5.02 Å². The first-order chi connectivity index (χ1) is 15.8. The summed E-state index contributed by atoms with van der Waals surface area (Å²) in [6.45, 7) is 1.97. The molecule has 1 aliphatic heterocycles. The Morgan fingerprint density at radius 2 is 1.73 bits per heavy atom. The molecule has 33 heavy (non-hydrogen) atoms. The molecule has 0 spiro atoms. The van der Waals surface area contributed by atoms with Gasteiger partial charge in [-0.2, -0.15) is 23.0 Å². The number of nitrogens with zero attached hydrogens (tertiary/aromatic N) is 4. The lowest BCUT2D eigenvalue weighted by Crippen LogP contribution is -2.36. The maximum Gasteiger partial charge on any atom is 0.416 e. The molecule has 0 N–H and O–H groups in total. The van der Waals surface area contributed by atoms with Crippen LogP contribution in [0.1, 0.15) is 22.3 Å². The topological polar surface area (TPSA) is 58.4 Å². The van der Waals surface area contributed by atoms with Gasteiger partial charge in [-0.25, -0.2) is 0 Å². The van der Waals surface area contributed by atoms with Crippen LogP contribution in [0.3, 0.4) is 0 Å². The molecule has 0 unspecified atom stereocenters. The molecule has 0 saturated carbocycles. The van der Waals surface area contributed by atoms with Crippen molar-refractivity contribution in [2.75, 3.05) is 31.1 Å². The van der Waals surface area contributed by atoms with Gasteiger partial charge in [0.15, 0.2) is 0 Å². The van der Waals surface area contributed by atoms with E-state index in [-0.39, 0.29) is 16.6 Å². The van der Waals surface area contributed by atoms with E-state index in [4.69, 9.17) is 11.6 Å². The maximum atomic E-state index is 13.0. The molecular formula is C23H20ClF3N4O2. The number of hydrogen-bond acceptors (Lipinski definition) is 4. The fraction of sp³-hybridized carbons (Fsp3) is 0.261. The number of benzene rings is 2. The number of hydrogen-bond donors (Lipinski definition) is 0. The van der Waals surface area contributed by atoms with Gasteiger partial charge in [-0.1, -0.05) is 35.9 Å². The van der Waals surface area contributed by atoms with Gasteiger partial charge < -0.3 is 9.80 Å². The highest BCUT2D eigenvalue weighted by atomic mass is 35.5. The second kappa shape index (κ2) is 9.27. The van der Waals surface area contributed by atoms with Gasteiger partial charge in [0.05, 0.1) is 23.1 Å². The van der Waals surface area contributed by atoms with Gasteiger partial charge in [-0.15, -0.1) is 0 Å². The van der Waals surface area contributed by atoms with Crippen molar-refractivity contribution in [3.8, 4) is 5.69 Å². The highest BCUT2D eigenvalue weighted by molar-refractivity contribution is 6.33. The van der Waals surface area contributed by atoms with E-state index in [1.165, 1.54) is 18.3 Å². The molecule has 0 atom stereocenters. The molecule has 1 amide bonds. The standard InChI is InChI=1S/C23H20ClF3N4O2/c24-20-19(15-28-31(22(20)33)18-9-4-8-17(14-18)23(25,26)27)29-10-5-11-30(13-12-29)21(32)16-6-2-1-3-7-16/h1-4,6-9,14-15H,5,10-13H2. The summed E-state index contributed by atoms with van der Waals surface area (Å²) < 4.78 is 40.0. The van der Waals surface area contributed by atoms with Crippen LogP contribution >= 0.6 is 11.6 Å². The minimum absolute atomic E-state index is 0.0289. The first-order valence-electron chi connectivity index (χ1n) is 10.3. The van der Waals surface area contributed by atoms with Crippen LogP contribution in [-0.2, 0) is 6.18 Å². The lowest BCUT2D eigenvalue weighted by molar-refractivity contribution is -0.137. The summed E-state index contributed by atoms with van der Waals surface area (Å²) in [6.07, 6.45) is -2.51. The number of rotatable bonds is 3. The Morgan fingerprint density at radius 3 is 2.45 bits per heavy atom. The second-order valence-electron chi connectivity index (χ2n) is 7.61. The van der Waals surface area contributed by atoms with Crippen LogP contribution < -0.4 is 10.5 Å². The van der Waals surface area contributed by atoms with Crippen molar-refractivity contribution in [3.63, 3.8) is 0 Å². The zero-order chi connectivity index (χ0) is 23.6. The zero-order valence-corrected chi connectivity index (χ0v) is 18.2. The molecule has 0 bridgehead atoms. The molecule has 6 nitrogen and oxygen atoms in total. The normalized spacial score (nSPS) is 14.8. The molecule has 0 aliphatic carbocycles. The lowest BCUT2D eigenvalue weighted by atomic mass is 10.2. The maximum absolute atomic E-state index is 13.0. The van der Waals surface area contributed by atoms with Gasteiger partial charge in [-0.05, 0) is 36.8 Å². The van der Waals surface area contributed by atoms with Crippen LogP contribution in [0.2, 0.25) is 5.02 Å². The average Bonchev–Trinajstić information content (AvgIpc) is 3.07. The highest BCUT2D eigenvalue weighted by Crippen LogP contribution is 2.30. The van der Waals surface area contributed by atoms with Crippen molar-refractivity contribution in [1.29, 1.82) is 0 Å². The Labute approximate surface area is 192 Å². The Hall–Kier alpha value is -3.33. The Kier molecular flexibility index (Phi) is 6.42. The number of aromatic nitrogens is 2. The van der Waals surface area contributed by atoms with Crippen LogP contribution in [-0.4, -0.2) is 46.8 Å². The van der Waals surface area contributed by atoms with Crippen molar-refractivity contribution in [2.24, 2.45) is 0 Å². The zero-order valence-electron chi connectivity index (χ0n) is 17.4. The highest BCUT2D eigenvalue weighted by Gasteiger charge is 2.31. The van der Waals surface area contributed by atoms with Gasteiger partial charge in [0, 0.05) is 31.7 Å². The molecule has 4 rings (SSSR count). The van der Waals surface area contributed by atoms with Crippen molar-refractivity contribution in [2.45, 2.75) is 12.6 Å². The minimum Gasteiger partial charge on any atom is -0.367 e. The van der Waals surface area contributed by atoms with Crippen molar-refractivity contribution >= 4 is 23.2 Å². The fourth-order valence-corrected chi connectivity index (χ4v) is 4.02. The molecule has 172 valence electrons. The number of amides is 1. The number of anilines is 1. The molecule has 2 heterocycles. The summed E-state index contributed by atoms with van der Waals surface area (Å²) in [4.78, 5) is 29.2. The Balaban J connectivity index is 1.55. The molecular weight excluding hydrogens is 457 g/mol. The molecule has 10 heteroatoms. The van der Waals surface area contributed by atoms with Gasteiger partial charge in [-0.3, -0.25) is 9.59 Å². The lowest BCUT2D eigenvalue weighted by Gasteiger charge is -2.24. The van der Waals surface area contributed by atoms with E-state index in [2.05, 4.69) is 5.10 Å². The Morgan fingerprint density at radius 1 is 0.970 bits per heavy atom. The predicted octanol–water partition coefficient (Wildman–Crippen LogP) is 4.26. The van der Waals surface area contributed by atoms with E-state index in [1.807, 2.05) is 23.1 Å². The molecule has 0 radical (unpaired) electrons. The molecule has 2 aromatic carbocycles. The van der Waals surface area contributed by atoms with E-state index in [9.17, 15) is 22.8 Å². The molecule has 1 fully saturated rings. The Bertz CT molecular complexity index is 1210. The van der Waals surface area contributed by atoms with Gasteiger partial charge >= 0.3 is 6.18 Å². The second-order valence-corrected chi connectivity index (χ2v) is 7.99. The average molecular weight is 477 g/mol. The first kappa shape index (κ1) is 22.8. The van der Waals surface area contributed by atoms with E-state index in [1.54, 1.807) is 17.0 Å². The minimum atomic E-state index is -4.54. The first-order valence-corrected chi connectivity index (χ1v) is 10.7. The van der Waals surface area contributed by atoms with E-state index in [0.717, 1.165) is 16.8 Å². The van der Waals surface area contributed by atoms with E-state index < -0.39 is 17.3 Å². The SMILES string of the molecule is O=C(c1ccccc1)N1CCCN(c2cnn(-c3cccc(C(F)(F)F)c3)c(=O)c2Cl)CC1. The van der Waals surface area contributed by atoms with Gasteiger partial charge in [0.25, 0.3) is 11.5 Å². The largest absolute Gasteiger partial charge is 0.416 e. The summed E-state index contributed by atoms with van der Waals surface area (Å²) in [5.74, 6) is -0.0679. The smallest absolute Gasteiger partial charge is 0.367 e. The summed E-state index contributed by atoms with van der Waals surface area (Å²) in [5, 5.41) is 3.94. The van der Waals surface area contributed by atoms with Gasteiger partial charge in [0.2, 0.25) is 0 Å². The third-order valence-corrected chi connectivity index (χ3v) is 5.82. The van der Waals surface area contributed by atoms with Crippen LogP contribution in [0.25, 0.3) is 5.69 Å².